The summed E-state index contributed by atoms with van der Waals surface area (Å²) in [6.07, 6.45) is 13.7. The maximum Gasteiger partial charge on any atom is 0.246 e. The highest BCUT2D eigenvalue weighted by molar-refractivity contribution is 5.91. The van der Waals surface area contributed by atoms with E-state index in [9.17, 15) is 4.79 Å². The molecule has 1 saturated heterocycles. The van der Waals surface area contributed by atoms with Crippen molar-refractivity contribution >= 4 is 23.6 Å². The lowest BCUT2D eigenvalue weighted by Crippen LogP contribution is -2.37. The topological polar surface area (TPSA) is 83.9 Å². The largest absolute Gasteiger partial charge is 0.339 e. The Bertz CT molecular complexity index is 969. The van der Waals surface area contributed by atoms with E-state index in [4.69, 9.17) is 0 Å². The number of nitrogens with zero attached hydrogens (tertiary/aromatic N) is 5. The minimum Gasteiger partial charge on any atom is -0.339 e. The normalized spacial score (nSPS) is 14.8. The molecule has 0 aliphatic carbocycles. The van der Waals surface area contributed by atoms with Gasteiger partial charge in [0.15, 0.2) is 5.82 Å². The molecule has 0 atom stereocenters. The van der Waals surface area contributed by atoms with Gasteiger partial charge in [0.05, 0.1) is 5.69 Å². The third-order valence-corrected chi connectivity index (χ3v) is 4.93. The molecule has 1 aliphatic rings. The Balaban J connectivity index is 1.39. The van der Waals surface area contributed by atoms with E-state index < -0.39 is 0 Å². The van der Waals surface area contributed by atoms with Crippen LogP contribution in [0.2, 0.25) is 0 Å². The molecule has 0 aromatic carbocycles. The van der Waals surface area contributed by atoms with E-state index in [-0.39, 0.29) is 11.8 Å². The number of pyridine rings is 2. The van der Waals surface area contributed by atoms with Crippen molar-refractivity contribution in [1.29, 1.82) is 0 Å². The number of carbonyl (C=O) groups excluding carboxylic acids is 1. The average Bonchev–Trinajstić information content (AvgIpc) is 2.79. The van der Waals surface area contributed by atoms with Crippen LogP contribution in [0.25, 0.3) is 6.08 Å². The van der Waals surface area contributed by atoms with Crippen LogP contribution in [0, 0.1) is 0 Å². The second-order valence-electron chi connectivity index (χ2n) is 6.85. The van der Waals surface area contributed by atoms with E-state index in [1.165, 1.54) is 0 Å². The molecule has 0 spiro atoms. The van der Waals surface area contributed by atoms with Gasteiger partial charge in [-0.05, 0) is 42.7 Å². The van der Waals surface area contributed by atoms with E-state index >= 15 is 0 Å². The Morgan fingerprint density at radius 2 is 1.86 bits per heavy atom. The molecule has 3 aromatic heterocycles. The zero-order chi connectivity index (χ0) is 19.9. The van der Waals surface area contributed by atoms with Crippen LogP contribution in [0.3, 0.4) is 0 Å². The first-order valence-corrected chi connectivity index (χ1v) is 9.65. The number of piperidine rings is 1. The first-order chi connectivity index (χ1) is 14.3. The van der Waals surface area contributed by atoms with Crippen molar-refractivity contribution in [3.05, 3.63) is 78.6 Å². The fourth-order valence-corrected chi connectivity index (χ4v) is 3.42. The van der Waals surface area contributed by atoms with Crippen LogP contribution < -0.4 is 5.32 Å². The zero-order valence-corrected chi connectivity index (χ0v) is 16.0. The summed E-state index contributed by atoms with van der Waals surface area (Å²) in [5.41, 5.74) is 1.84. The molecule has 29 heavy (non-hydrogen) atoms. The molecule has 0 radical (unpaired) electrons. The Morgan fingerprint density at radius 3 is 2.62 bits per heavy atom. The van der Waals surface area contributed by atoms with Gasteiger partial charge in [-0.25, -0.2) is 9.97 Å². The maximum absolute atomic E-state index is 12.5. The standard InChI is InChI=1S/C22H22N6O/c29-20(7-6-17-4-3-10-23-16-17)28-14-8-18(9-15-28)21-22(26-13-12-25-21)27-19-5-1-2-11-24-19/h1-7,10-13,16,18H,8-9,14-15H2,(H,24,26,27)/b7-6+. The Kier molecular flexibility index (Phi) is 5.85. The van der Waals surface area contributed by atoms with Gasteiger partial charge in [0.2, 0.25) is 5.91 Å². The molecule has 3 aromatic rings. The van der Waals surface area contributed by atoms with Crippen molar-refractivity contribution in [2.75, 3.05) is 18.4 Å². The van der Waals surface area contributed by atoms with Gasteiger partial charge in [-0.15, -0.1) is 0 Å². The minimum atomic E-state index is 0.0262. The van der Waals surface area contributed by atoms with Crippen LogP contribution in [0.5, 0.6) is 0 Å². The smallest absolute Gasteiger partial charge is 0.246 e. The Labute approximate surface area is 169 Å². The number of nitrogens with one attached hydrogen (secondary N) is 1. The second kappa shape index (κ2) is 9.05. The van der Waals surface area contributed by atoms with Crippen molar-refractivity contribution < 1.29 is 4.79 Å². The third kappa shape index (κ3) is 4.82. The summed E-state index contributed by atoms with van der Waals surface area (Å²) in [6, 6.07) is 9.47. The molecule has 146 valence electrons. The van der Waals surface area contributed by atoms with Crippen LogP contribution in [0.15, 0.2) is 67.4 Å². The zero-order valence-electron chi connectivity index (χ0n) is 16.0. The molecule has 1 fully saturated rings. The van der Waals surface area contributed by atoms with Crippen LogP contribution in [-0.4, -0.2) is 43.8 Å². The van der Waals surface area contributed by atoms with Gasteiger partial charge in [-0.1, -0.05) is 12.1 Å². The summed E-state index contributed by atoms with van der Waals surface area (Å²) in [7, 11) is 0. The van der Waals surface area contributed by atoms with Crippen LogP contribution >= 0.6 is 0 Å². The van der Waals surface area contributed by atoms with Crippen LogP contribution in [0.1, 0.15) is 30.0 Å². The average molecular weight is 386 g/mol. The predicted molar refractivity (Wildman–Crippen MR) is 111 cm³/mol. The first kappa shape index (κ1) is 18.7. The summed E-state index contributed by atoms with van der Waals surface area (Å²) in [6.45, 7) is 1.39. The number of aromatic nitrogens is 4. The molecule has 4 heterocycles. The van der Waals surface area contributed by atoms with E-state index in [2.05, 4.69) is 25.3 Å². The minimum absolute atomic E-state index is 0.0262. The molecule has 0 bridgehead atoms. The summed E-state index contributed by atoms with van der Waals surface area (Å²) in [5.74, 6) is 1.74. The van der Waals surface area contributed by atoms with Crippen molar-refractivity contribution in [3.63, 3.8) is 0 Å². The van der Waals surface area contributed by atoms with Gasteiger partial charge >= 0.3 is 0 Å². The number of likely N-dealkylation sites (tertiary alicyclic amines) is 1. The van der Waals surface area contributed by atoms with Gasteiger partial charge in [0.1, 0.15) is 5.82 Å². The molecule has 0 saturated carbocycles. The molecule has 0 unspecified atom stereocenters. The maximum atomic E-state index is 12.5. The highest BCUT2D eigenvalue weighted by Gasteiger charge is 2.26. The van der Waals surface area contributed by atoms with E-state index in [1.807, 2.05) is 35.2 Å². The van der Waals surface area contributed by atoms with Crippen molar-refractivity contribution in [2.24, 2.45) is 0 Å². The predicted octanol–water partition coefficient (Wildman–Crippen LogP) is 3.43. The molecular weight excluding hydrogens is 364 g/mol. The highest BCUT2D eigenvalue weighted by Crippen LogP contribution is 2.31. The number of hydrogen-bond donors (Lipinski definition) is 1. The number of rotatable bonds is 5. The summed E-state index contributed by atoms with van der Waals surface area (Å²) in [4.78, 5) is 31.8. The molecule has 1 N–H and O–H groups in total. The van der Waals surface area contributed by atoms with E-state index in [0.29, 0.717) is 13.1 Å². The lowest BCUT2D eigenvalue weighted by Gasteiger charge is -2.31. The van der Waals surface area contributed by atoms with Crippen molar-refractivity contribution in [2.45, 2.75) is 18.8 Å². The van der Waals surface area contributed by atoms with Crippen LogP contribution in [-0.2, 0) is 4.79 Å². The van der Waals surface area contributed by atoms with Gasteiger partial charge in [0, 0.05) is 56.1 Å². The molecular formula is C22H22N6O. The van der Waals surface area contributed by atoms with Gasteiger partial charge in [-0.3, -0.25) is 14.8 Å². The lowest BCUT2D eigenvalue weighted by molar-refractivity contribution is -0.126. The fourth-order valence-electron chi connectivity index (χ4n) is 3.42. The summed E-state index contributed by atoms with van der Waals surface area (Å²) in [5, 5.41) is 3.26. The van der Waals surface area contributed by atoms with Crippen LogP contribution in [0.4, 0.5) is 11.6 Å². The molecule has 7 heteroatoms. The monoisotopic (exact) mass is 386 g/mol. The molecule has 1 amide bonds. The third-order valence-electron chi connectivity index (χ3n) is 4.93. The Hall–Kier alpha value is -3.61. The van der Waals surface area contributed by atoms with E-state index in [1.54, 1.807) is 43.1 Å². The number of hydrogen-bond acceptors (Lipinski definition) is 6. The summed E-state index contributed by atoms with van der Waals surface area (Å²) < 4.78 is 0. The van der Waals surface area contributed by atoms with Gasteiger partial charge in [-0.2, -0.15) is 0 Å². The fraction of sp³-hybridized carbons (Fsp3) is 0.227. The highest BCUT2D eigenvalue weighted by atomic mass is 16.2. The van der Waals surface area contributed by atoms with Gasteiger partial charge < -0.3 is 10.2 Å². The SMILES string of the molecule is O=C(/C=C/c1cccnc1)N1CCC(c2nccnc2Nc2ccccn2)CC1. The van der Waals surface area contributed by atoms with Crippen molar-refractivity contribution in [1.82, 2.24) is 24.8 Å². The lowest BCUT2D eigenvalue weighted by atomic mass is 9.93. The number of anilines is 2. The summed E-state index contributed by atoms with van der Waals surface area (Å²) >= 11 is 0. The molecule has 1 aliphatic heterocycles. The molecule has 4 rings (SSSR count). The Morgan fingerprint density at radius 1 is 1.00 bits per heavy atom. The second-order valence-corrected chi connectivity index (χ2v) is 6.85. The van der Waals surface area contributed by atoms with E-state index in [0.717, 1.165) is 35.7 Å². The van der Waals surface area contributed by atoms with Crippen molar-refractivity contribution in [3.8, 4) is 0 Å². The number of amides is 1. The quantitative estimate of drug-likeness (QED) is 0.677. The van der Waals surface area contributed by atoms with Gasteiger partial charge in [0.25, 0.3) is 0 Å². The first-order valence-electron chi connectivity index (χ1n) is 9.65. The molecule has 7 nitrogen and oxygen atoms in total. The number of carbonyl (C=O) groups is 1.